The lowest BCUT2D eigenvalue weighted by molar-refractivity contribution is -0.0590. The Balaban J connectivity index is 1.68. The minimum Gasteiger partial charge on any atom is -0.496 e. The van der Waals surface area contributed by atoms with Gasteiger partial charge in [-0.2, -0.15) is 10.2 Å². The van der Waals surface area contributed by atoms with Gasteiger partial charge in [-0.25, -0.2) is 8.78 Å². The first-order valence-electron chi connectivity index (χ1n) is 9.31. The lowest BCUT2D eigenvalue weighted by Gasteiger charge is -2.32. The zero-order valence-corrected chi connectivity index (χ0v) is 14.5. The van der Waals surface area contributed by atoms with Gasteiger partial charge in [0.2, 0.25) is 0 Å². The van der Waals surface area contributed by atoms with E-state index in [2.05, 4.69) is 16.3 Å². The third kappa shape index (κ3) is 4.75. The molecule has 0 aromatic carbocycles. The standard InChI is InChI=1S/C19H27F2N3O/c20-19(21)11-4-7-16(22)18(19)24-23-17-10-12-25-13-15(17)9-8-14-5-2-1-3-6-14/h8-10,13-14,16,18H,1-7,11-12,22H2/b9-8+,24-23?/t16-,18-/m1/s1. The van der Waals surface area contributed by atoms with Crippen molar-refractivity contribution < 1.29 is 13.5 Å². The fourth-order valence-electron chi connectivity index (χ4n) is 3.72. The number of allylic oxidation sites excluding steroid dienone is 2. The lowest BCUT2D eigenvalue weighted by Crippen LogP contribution is -2.49. The van der Waals surface area contributed by atoms with Gasteiger partial charge >= 0.3 is 0 Å². The molecule has 0 saturated heterocycles. The summed E-state index contributed by atoms with van der Waals surface area (Å²) in [5, 5.41) is 8.06. The Hall–Kier alpha value is -1.56. The number of halogens is 2. The number of ether oxygens (including phenoxy) is 1. The third-order valence-corrected chi connectivity index (χ3v) is 5.25. The van der Waals surface area contributed by atoms with E-state index in [1.807, 2.05) is 6.08 Å². The van der Waals surface area contributed by atoms with E-state index in [0.29, 0.717) is 31.1 Å². The highest BCUT2D eigenvalue weighted by Crippen LogP contribution is 2.36. The van der Waals surface area contributed by atoms with Crippen LogP contribution in [-0.2, 0) is 4.74 Å². The molecule has 0 amide bonds. The van der Waals surface area contributed by atoms with Gasteiger partial charge in [0, 0.05) is 18.0 Å². The average Bonchev–Trinajstić information content (AvgIpc) is 2.61. The molecule has 6 heteroatoms. The van der Waals surface area contributed by atoms with Gasteiger partial charge in [0.05, 0.1) is 12.0 Å². The molecule has 138 valence electrons. The minimum absolute atomic E-state index is 0.170. The van der Waals surface area contributed by atoms with Crippen LogP contribution < -0.4 is 5.73 Å². The molecule has 0 aromatic rings. The molecule has 0 aromatic heterocycles. The second-order valence-electron chi connectivity index (χ2n) is 7.23. The number of azo groups is 1. The molecule has 2 N–H and O–H groups in total. The highest BCUT2D eigenvalue weighted by molar-refractivity contribution is 5.39. The Morgan fingerprint density at radius 3 is 2.72 bits per heavy atom. The number of hydrogen-bond donors (Lipinski definition) is 1. The summed E-state index contributed by atoms with van der Waals surface area (Å²) in [6.07, 6.45) is 14.7. The first-order chi connectivity index (χ1) is 12.1. The smallest absolute Gasteiger partial charge is 0.273 e. The maximum absolute atomic E-state index is 14.1. The summed E-state index contributed by atoms with van der Waals surface area (Å²) < 4.78 is 33.5. The first kappa shape index (κ1) is 18.2. The van der Waals surface area contributed by atoms with Crippen molar-refractivity contribution in [1.82, 2.24) is 0 Å². The van der Waals surface area contributed by atoms with Crippen LogP contribution in [0.15, 0.2) is 46.0 Å². The van der Waals surface area contributed by atoms with Gasteiger partial charge in [-0.3, -0.25) is 0 Å². The molecule has 0 bridgehead atoms. The Labute approximate surface area is 147 Å². The highest BCUT2D eigenvalue weighted by Gasteiger charge is 2.46. The summed E-state index contributed by atoms with van der Waals surface area (Å²) in [5.74, 6) is -2.31. The van der Waals surface area contributed by atoms with Crippen LogP contribution in [0, 0.1) is 5.92 Å². The molecule has 1 heterocycles. The van der Waals surface area contributed by atoms with Crippen LogP contribution in [0.2, 0.25) is 0 Å². The average molecular weight is 351 g/mol. The largest absolute Gasteiger partial charge is 0.496 e. The quantitative estimate of drug-likeness (QED) is 0.733. The lowest BCUT2D eigenvalue weighted by atomic mass is 9.88. The summed E-state index contributed by atoms with van der Waals surface area (Å²) in [4.78, 5) is 0. The van der Waals surface area contributed by atoms with Gasteiger partial charge in [0.1, 0.15) is 12.6 Å². The van der Waals surface area contributed by atoms with Crippen LogP contribution in [-0.4, -0.2) is 24.6 Å². The summed E-state index contributed by atoms with van der Waals surface area (Å²) in [6.45, 7) is 0.377. The predicted octanol–water partition coefficient (Wildman–Crippen LogP) is 4.89. The maximum Gasteiger partial charge on any atom is 0.273 e. The third-order valence-electron chi connectivity index (χ3n) is 5.25. The Morgan fingerprint density at radius 1 is 1.16 bits per heavy atom. The van der Waals surface area contributed by atoms with Gasteiger partial charge in [-0.1, -0.05) is 31.4 Å². The van der Waals surface area contributed by atoms with Crippen LogP contribution in [0.25, 0.3) is 0 Å². The van der Waals surface area contributed by atoms with Crippen molar-refractivity contribution in [2.45, 2.75) is 69.4 Å². The van der Waals surface area contributed by atoms with Gasteiger partial charge in [-0.05, 0) is 37.7 Å². The van der Waals surface area contributed by atoms with Gasteiger partial charge in [0.25, 0.3) is 5.92 Å². The predicted molar refractivity (Wildman–Crippen MR) is 93.3 cm³/mol. The number of hydrogen-bond acceptors (Lipinski definition) is 4. The molecule has 2 aliphatic carbocycles. The summed E-state index contributed by atoms with van der Waals surface area (Å²) in [7, 11) is 0. The molecule has 1 aliphatic heterocycles. The number of rotatable bonds is 4. The number of alkyl halides is 2. The van der Waals surface area contributed by atoms with Crippen molar-refractivity contribution in [3.8, 4) is 0 Å². The molecule has 0 unspecified atom stereocenters. The van der Waals surface area contributed by atoms with Crippen molar-refractivity contribution in [3.63, 3.8) is 0 Å². The van der Waals surface area contributed by atoms with Crippen molar-refractivity contribution in [2.75, 3.05) is 6.61 Å². The van der Waals surface area contributed by atoms with Crippen molar-refractivity contribution in [3.05, 3.63) is 35.8 Å². The van der Waals surface area contributed by atoms with E-state index in [1.165, 1.54) is 32.1 Å². The van der Waals surface area contributed by atoms with E-state index in [1.54, 1.807) is 12.3 Å². The zero-order chi connectivity index (χ0) is 17.7. The van der Waals surface area contributed by atoms with Gasteiger partial charge in [0.15, 0.2) is 0 Å². The molecule has 4 nitrogen and oxygen atoms in total. The van der Waals surface area contributed by atoms with E-state index in [-0.39, 0.29) is 6.42 Å². The molecule has 3 aliphatic rings. The molecule has 0 radical (unpaired) electrons. The van der Waals surface area contributed by atoms with Crippen molar-refractivity contribution in [2.24, 2.45) is 21.9 Å². The molecule has 2 fully saturated rings. The molecule has 25 heavy (non-hydrogen) atoms. The Morgan fingerprint density at radius 2 is 1.96 bits per heavy atom. The first-order valence-corrected chi connectivity index (χ1v) is 9.31. The molecule has 2 saturated carbocycles. The molecular formula is C19H27F2N3O. The zero-order valence-electron chi connectivity index (χ0n) is 14.5. The van der Waals surface area contributed by atoms with Gasteiger partial charge < -0.3 is 10.5 Å². The molecule has 3 rings (SSSR count). The molecule has 0 spiro atoms. The Kier molecular flexibility index (Phi) is 5.99. The number of nitrogens with zero attached hydrogens (tertiary/aromatic N) is 2. The maximum atomic E-state index is 14.1. The minimum atomic E-state index is -2.88. The van der Waals surface area contributed by atoms with E-state index in [0.717, 1.165) is 5.57 Å². The summed E-state index contributed by atoms with van der Waals surface area (Å²) in [5.41, 5.74) is 7.23. The van der Waals surface area contributed by atoms with Crippen LogP contribution in [0.4, 0.5) is 8.78 Å². The van der Waals surface area contributed by atoms with Crippen molar-refractivity contribution >= 4 is 0 Å². The van der Waals surface area contributed by atoms with Crippen LogP contribution in [0.5, 0.6) is 0 Å². The van der Waals surface area contributed by atoms with Crippen LogP contribution >= 0.6 is 0 Å². The second kappa shape index (κ2) is 8.21. The topological polar surface area (TPSA) is 60.0 Å². The SMILES string of the molecule is N[C@@H]1CCCC(F)(F)[C@@H]1N=NC1=CCOC=C1/C=C/C1CCCCC1. The highest BCUT2D eigenvalue weighted by atomic mass is 19.3. The van der Waals surface area contributed by atoms with E-state index in [9.17, 15) is 8.78 Å². The molecular weight excluding hydrogens is 324 g/mol. The van der Waals surface area contributed by atoms with E-state index < -0.39 is 18.0 Å². The fourth-order valence-corrected chi connectivity index (χ4v) is 3.72. The summed E-state index contributed by atoms with van der Waals surface area (Å²) >= 11 is 0. The van der Waals surface area contributed by atoms with E-state index >= 15 is 0 Å². The molecule has 2 atom stereocenters. The Bertz CT molecular complexity index is 577. The van der Waals surface area contributed by atoms with Gasteiger partial charge in [-0.15, -0.1) is 0 Å². The monoisotopic (exact) mass is 351 g/mol. The van der Waals surface area contributed by atoms with Crippen LogP contribution in [0.1, 0.15) is 51.4 Å². The van der Waals surface area contributed by atoms with Crippen LogP contribution in [0.3, 0.4) is 0 Å². The van der Waals surface area contributed by atoms with E-state index in [4.69, 9.17) is 10.5 Å². The number of nitrogens with two attached hydrogens (primary N) is 1. The second-order valence-corrected chi connectivity index (χ2v) is 7.23. The summed E-state index contributed by atoms with van der Waals surface area (Å²) in [6, 6.07) is -1.88. The fraction of sp³-hybridized carbons (Fsp3) is 0.684. The van der Waals surface area contributed by atoms with Crippen molar-refractivity contribution in [1.29, 1.82) is 0 Å². The normalized spacial score (nSPS) is 31.0.